The molecule has 15 heavy (non-hydrogen) atoms. The molecule has 2 aromatic rings. The molecule has 0 amide bonds. The van der Waals surface area contributed by atoms with Gasteiger partial charge in [0.25, 0.3) is 0 Å². The van der Waals surface area contributed by atoms with E-state index in [2.05, 4.69) is 0 Å². The zero-order valence-electron chi connectivity index (χ0n) is 8.65. The Morgan fingerprint density at radius 2 is 2.00 bits per heavy atom. The zero-order valence-corrected chi connectivity index (χ0v) is 9.47. The number of thiophene rings is 1. The van der Waals surface area contributed by atoms with Gasteiger partial charge in [0.2, 0.25) is 0 Å². The van der Waals surface area contributed by atoms with Gasteiger partial charge in [-0.25, -0.2) is 0 Å². The molecule has 1 N–H and O–H groups in total. The van der Waals surface area contributed by atoms with Crippen LogP contribution in [0, 0.1) is 6.92 Å². The fraction of sp³-hybridized carbons (Fsp3) is 0.167. The number of aromatic hydroxyl groups is 1. The van der Waals surface area contributed by atoms with Crippen LogP contribution in [0.25, 0.3) is 11.1 Å². The Balaban J connectivity index is 2.56. The molecule has 3 heteroatoms. The lowest BCUT2D eigenvalue weighted by atomic mass is 10.1. The molecule has 0 radical (unpaired) electrons. The summed E-state index contributed by atoms with van der Waals surface area (Å²) in [5.74, 6) is 1.05. The summed E-state index contributed by atoms with van der Waals surface area (Å²) in [7, 11) is 1.62. The van der Waals surface area contributed by atoms with Crippen LogP contribution < -0.4 is 4.74 Å². The SMILES string of the molecule is COc1ccc(O)c(-c2ccsc2C)c1. The number of methoxy groups -OCH3 is 1. The minimum absolute atomic E-state index is 0.289. The molecular formula is C12H12O2S. The van der Waals surface area contributed by atoms with E-state index in [1.54, 1.807) is 30.6 Å². The van der Waals surface area contributed by atoms with Crippen LogP contribution in [0.15, 0.2) is 29.6 Å². The first-order valence-corrected chi connectivity index (χ1v) is 5.52. The van der Waals surface area contributed by atoms with Crippen molar-refractivity contribution in [1.29, 1.82) is 0 Å². The van der Waals surface area contributed by atoms with E-state index in [0.29, 0.717) is 0 Å². The Morgan fingerprint density at radius 3 is 2.60 bits per heavy atom. The molecule has 0 aliphatic heterocycles. The normalized spacial score (nSPS) is 10.3. The van der Waals surface area contributed by atoms with Crippen LogP contribution in [0.2, 0.25) is 0 Å². The lowest BCUT2D eigenvalue weighted by Crippen LogP contribution is -1.84. The van der Waals surface area contributed by atoms with Crippen LogP contribution >= 0.6 is 11.3 Å². The van der Waals surface area contributed by atoms with Gasteiger partial charge in [-0.3, -0.25) is 0 Å². The van der Waals surface area contributed by atoms with Crippen molar-refractivity contribution in [3.05, 3.63) is 34.5 Å². The van der Waals surface area contributed by atoms with E-state index in [1.807, 2.05) is 24.4 Å². The summed E-state index contributed by atoms with van der Waals surface area (Å²) in [4.78, 5) is 1.19. The first-order chi connectivity index (χ1) is 7.22. The van der Waals surface area contributed by atoms with Gasteiger partial charge in [0, 0.05) is 10.4 Å². The summed E-state index contributed by atoms with van der Waals surface area (Å²) < 4.78 is 5.14. The predicted octanol–water partition coefficient (Wildman–Crippen LogP) is 3.44. The standard InChI is InChI=1S/C12H12O2S/c1-8-10(5-6-15-8)11-7-9(14-2)3-4-12(11)13/h3-7,13H,1-2H3. The number of phenolic OH excluding ortho intramolecular Hbond substituents is 1. The van der Waals surface area contributed by atoms with E-state index >= 15 is 0 Å². The average molecular weight is 220 g/mol. The highest BCUT2D eigenvalue weighted by molar-refractivity contribution is 7.10. The summed E-state index contributed by atoms with van der Waals surface area (Å²) >= 11 is 1.67. The number of hydrogen-bond acceptors (Lipinski definition) is 3. The van der Waals surface area contributed by atoms with Gasteiger partial charge in [-0.05, 0) is 42.1 Å². The van der Waals surface area contributed by atoms with Crippen LogP contribution in [-0.4, -0.2) is 12.2 Å². The molecule has 0 bridgehead atoms. The minimum atomic E-state index is 0.289. The monoisotopic (exact) mass is 220 g/mol. The van der Waals surface area contributed by atoms with Gasteiger partial charge in [0.1, 0.15) is 11.5 Å². The van der Waals surface area contributed by atoms with Crippen molar-refractivity contribution < 1.29 is 9.84 Å². The molecule has 1 aromatic heterocycles. The Kier molecular flexibility index (Phi) is 2.64. The van der Waals surface area contributed by atoms with Gasteiger partial charge in [-0.1, -0.05) is 0 Å². The lowest BCUT2D eigenvalue weighted by molar-refractivity contribution is 0.412. The smallest absolute Gasteiger partial charge is 0.123 e. The quantitative estimate of drug-likeness (QED) is 0.840. The molecule has 2 nitrogen and oxygen atoms in total. The third kappa shape index (κ3) is 1.83. The van der Waals surface area contributed by atoms with E-state index in [0.717, 1.165) is 16.9 Å². The molecule has 0 atom stereocenters. The van der Waals surface area contributed by atoms with Crippen molar-refractivity contribution >= 4 is 11.3 Å². The third-order valence-corrected chi connectivity index (χ3v) is 3.20. The Bertz CT molecular complexity index is 474. The van der Waals surface area contributed by atoms with E-state index in [9.17, 15) is 5.11 Å². The van der Waals surface area contributed by atoms with Gasteiger partial charge in [-0.15, -0.1) is 11.3 Å². The number of hydrogen-bond donors (Lipinski definition) is 1. The van der Waals surface area contributed by atoms with Crippen molar-refractivity contribution in [1.82, 2.24) is 0 Å². The second-order valence-electron chi connectivity index (χ2n) is 3.27. The van der Waals surface area contributed by atoms with E-state index < -0.39 is 0 Å². The molecule has 0 aliphatic carbocycles. The molecule has 0 spiro atoms. The molecule has 0 aliphatic rings. The summed E-state index contributed by atoms with van der Waals surface area (Å²) in [6.45, 7) is 2.04. The third-order valence-electron chi connectivity index (χ3n) is 2.35. The first-order valence-electron chi connectivity index (χ1n) is 4.64. The summed E-state index contributed by atoms with van der Waals surface area (Å²) in [5.41, 5.74) is 1.89. The van der Waals surface area contributed by atoms with Gasteiger partial charge in [-0.2, -0.15) is 0 Å². The zero-order chi connectivity index (χ0) is 10.8. The lowest BCUT2D eigenvalue weighted by Gasteiger charge is -2.06. The molecule has 2 rings (SSSR count). The second kappa shape index (κ2) is 3.95. The van der Waals surface area contributed by atoms with Crippen LogP contribution in [0.1, 0.15) is 4.88 Å². The molecular weight excluding hydrogens is 208 g/mol. The van der Waals surface area contributed by atoms with Crippen LogP contribution in [-0.2, 0) is 0 Å². The average Bonchev–Trinajstić information content (AvgIpc) is 2.65. The highest BCUT2D eigenvalue weighted by Crippen LogP contribution is 2.36. The highest BCUT2D eigenvalue weighted by atomic mass is 32.1. The summed E-state index contributed by atoms with van der Waals surface area (Å²) in [5, 5.41) is 11.8. The largest absolute Gasteiger partial charge is 0.507 e. The van der Waals surface area contributed by atoms with Crippen LogP contribution in [0.4, 0.5) is 0 Å². The summed E-state index contributed by atoms with van der Waals surface area (Å²) in [6.07, 6.45) is 0. The maximum absolute atomic E-state index is 9.78. The minimum Gasteiger partial charge on any atom is -0.507 e. The number of benzene rings is 1. The van der Waals surface area contributed by atoms with Crippen molar-refractivity contribution in [2.45, 2.75) is 6.92 Å². The van der Waals surface area contributed by atoms with Gasteiger partial charge in [0.15, 0.2) is 0 Å². The molecule has 1 aromatic carbocycles. The van der Waals surface area contributed by atoms with Crippen LogP contribution in [0.3, 0.4) is 0 Å². The van der Waals surface area contributed by atoms with Gasteiger partial charge >= 0.3 is 0 Å². The molecule has 0 saturated heterocycles. The topological polar surface area (TPSA) is 29.5 Å². The maximum atomic E-state index is 9.78. The molecule has 78 valence electrons. The van der Waals surface area contributed by atoms with Crippen molar-refractivity contribution in [2.24, 2.45) is 0 Å². The van der Waals surface area contributed by atoms with Crippen molar-refractivity contribution in [3.8, 4) is 22.6 Å². The molecule has 0 unspecified atom stereocenters. The second-order valence-corrected chi connectivity index (χ2v) is 4.39. The number of phenols is 1. The van der Waals surface area contributed by atoms with E-state index in [-0.39, 0.29) is 5.75 Å². The van der Waals surface area contributed by atoms with E-state index in [4.69, 9.17) is 4.74 Å². The Morgan fingerprint density at radius 1 is 1.20 bits per heavy atom. The van der Waals surface area contributed by atoms with Gasteiger partial charge in [0.05, 0.1) is 7.11 Å². The van der Waals surface area contributed by atoms with Crippen molar-refractivity contribution in [3.63, 3.8) is 0 Å². The Hall–Kier alpha value is -1.48. The van der Waals surface area contributed by atoms with Crippen LogP contribution in [0.5, 0.6) is 11.5 Å². The predicted molar refractivity (Wildman–Crippen MR) is 62.7 cm³/mol. The fourth-order valence-electron chi connectivity index (χ4n) is 1.52. The highest BCUT2D eigenvalue weighted by Gasteiger charge is 2.09. The summed E-state index contributed by atoms with van der Waals surface area (Å²) in [6, 6.07) is 7.27. The first kappa shape index (κ1) is 10.1. The fourth-order valence-corrected chi connectivity index (χ4v) is 2.24. The number of aryl methyl sites for hydroxylation is 1. The molecule has 0 saturated carbocycles. The van der Waals surface area contributed by atoms with Crippen molar-refractivity contribution in [2.75, 3.05) is 7.11 Å². The maximum Gasteiger partial charge on any atom is 0.123 e. The Labute approximate surface area is 92.8 Å². The molecule has 1 heterocycles. The number of rotatable bonds is 2. The number of ether oxygens (including phenoxy) is 1. The molecule has 0 fully saturated rings. The van der Waals surface area contributed by atoms with Gasteiger partial charge < -0.3 is 9.84 Å². The van der Waals surface area contributed by atoms with E-state index in [1.165, 1.54) is 4.88 Å².